The van der Waals surface area contributed by atoms with E-state index >= 15 is 0 Å². The van der Waals surface area contributed by atoms with Gasteiger partial charge in [-0.05, 0) is 23.4 Å². The van der Waals surface area contributed by atoms with Gasteiger partial charge in [-0.3, -0.25) is 0 Å². The summed E-state index contributed by atoms with van der Waals surface area (Å²) < 4.78 is 5.46. The molecule has 0 atom stereocenters. The summed E-state index contributed by atoms with van der Waals surface area (Å²) >= 11 is 1.82. The summed E-state index contributed by atoms with van der Waals surface area (Å²) in [6.45, 7) is 4.87. The molecule has 0 unspecified atom stereocenters. The lowest BCUT2D eigenvalue weighted by Gasteiger charge is -2.07. The van der Waals surface area contributed by atoms with Gasteiger partial charge in [0.25, 0.3) is 0 Å². The SMILES string of the molecule is CC(C)SCCOc1cccc(C(=O)O)c1. The number of thioether (sulfide) groups is 1. The highest BCUT2D eigenvalue weighted by molar-refractivity contribution is 7.99. The molecule has 88 valence electrons. The molecule has 1 aromatic carbocycles. The molecule has 0 fully saturated rings. The minimum absolute atomic E-state index is 0.258. The Kier molecular flexibility index (Phi) is 5.19. The highest BCUT2D eigenvalue weighted by atomic mass is 32.2. The third-order valence-corrected chi connectivity index (χ3v) is 2.95. The van der Waals surface area contributed by atoms with Crippen LogP contribution in [-0.4, -0.2) is 28.7 Å². The van der Waals surface area contributed by atoms with Crippen LogP contribution in [-0.2, 0) is 0 Å². The number of carbonyl (C=O) groups is 1. The van der Waals surface area contributed by atoms with E-state index in [1.165, 1.54) is 0 Å². The average molecular weight is 240 g/mol. The first-order chi connectivity index (χ1) is 7.59. The molecule has 0 amide bonds. The highest BCUT2D eigenvalue weighted by Crippen LogP contribution is 2.14. The molecule has 0 aliphatic carbocycles. The Balaban J connectivity index is 2.42. The maximum atomic E-state index is 10.7. The van der Waals surface area contributed by atoms with Crippen LogP contribution >= 0.6 is 11.8 Å². The lowest BCUT2D eigenvalue weighted by molar-refractivity contribution is 0.0696. The molecule has 0 aliphatic rings. The standard InChI is InChI=1S/C12H16O3S/c1-9(2)16-7-6-15-11-5-3-4-10(8-11)12(13)14/h3-5,8-9H,6-7H2,1-2H3,(H,13,14). The molecule has 0 saturated heterocycles. The van der Waals surface area contributed by atoms with Gasteiger partial charge in [-0.1, -0.05) is 19.9 Å². The predicted octanol–water partition coefficient (Wildman–Crippen LogP) is 2.91. The summed E-state index contributed by atoms with van der Waals surface area (Å²) in [4.78, 5) is 10.7. The number of ether oxygens (including phenoxy) is 1. The molecular formula is C12H16O3S. The third-order valence-electron chi connectivity index (χ3n) is 1.88. The van der Waals surface area contributed by atoms with Crippen molar-refractivity contribution in [3.05, 3.63) is 29.8 Å². The highest BCUT2D eigenvalue weighted by Gasteiger charge is 2.03. The van der Waals surface area contributed by atoms with Crippen molar-refractivity contribution < 1.29 is 14.6 Å². The number of carboxylic acids is 1. The van der Waals surface area contributed by atoms with Crippen molar-refractivity contribution in [2.45, 2.75) is 19.1 Å². The zero-order valence-electron chi connectivity index (χ0n) is 9.47. The molecule has 0 heterocycles. The van der Waals surface area contributed by atoms with Gasteiger partial charge in [-0.15, -0.1) is 0 Å². The third kappa shape index (κ3) is 4.57. The van der Waals surface area contributed by atoms with Gasteiger partial charge in [-0.2, -0.15) is 11.8 Å². The van der Waals surface area contributed by atoms with Crippen molar-refractivity contribution in [1.82, 2.24) is 0 Å². The minimum Gasteiger partial charge on any atom is -0.493 e. The summed E-state index contributed by atoms with van der Waals surface area (Å²) in [5.41, 5.74) is 0.258. The number of rotatable bonds is 6. The van der Waals surface area contributed by atoms with Crippen LogP contribution in [0.25, 0.3) is 0 Å². The van der Waals surface area contributed by atoms with Crippen molar-refractivity contribution in [2.24, 2.45) is 0 Å². The summed E-state index contributed by atoms with van der Waals surface area (Å²) in [5, 5.41) is 9.39. The van der Waals surface area contributed by atoms with Gasteiger partial charge in [0.2, 0.25) is 0 Å². The van der Waals surface area contributed by atoms with Gasteiger partial charge in [0, 0.05) is 5.75 Å². The Morgan fingerprint density at radius 2 is 2.25 bits per heavy atom. The summed E-state index contributed by atoms with van der Waals surface area (Å²) in [7, 11) is 0. The van der Waals surface area contributed by atoms with Crippen molar-refractivity contribution in [3.63, 3.8) is 0 Å². The molecule has 0 bridgehead atoms. The van der Waals surface area contributed by atoms with Gasteiger partial charge in [0.1, 0.15) is 5.75 Å². The Labute approximate surface area is 99.8 Å². The first-order valence-corrected chi connectivity index (χ1v) is 6.22. The van der Waals surface area contributed by atoms with Gasteiger partial charge >= 0.3 is 5.97 Å². The fourth-order valence-corrected chi connectivity index (χ4v) is 1.81. The van der Waals surface area contributed by atoms with Crippen LogP contribution in [0.15, 0.2) is 24.3 Å². The average Bonchev–Trinajstić information content (AvgIpc) is 2.24. The van der Waals surface area contributed by atoms with Crippen molar-refractivity contribution >= 4 is 17.7 Å². The second-order valence-electron chi connectivity index (χ2n) is 3.60. The first kappa shape index (κ1) is 12.9. The maximum absolute atomic E-state index is 10.7. The van der Waals surface area contributed by atoms with E-state index in [1.54, 1.807) is 24.3 Å². The van der Waals surface area contributed by atoms with Crippen molar-refractivity contribution in [1.29, 1.82) is 0 Å². The molecule has 1 aromatic rings. The van der Waals surface area contributed by atoms with E-state index in [2.05, 4.69) is 13.8 Å². The van der Waals surface area contributed by atoms with Crippen molar-refractivity contribution in [2.75, 3.05) is 12.4 Å². The van der Waals surface area contributed by atoms with E-state index in [1.807, 2.05) is 11.8 Å². The molecule has 0 saturated carbocycles. The molecule has 16 heavy (non-hydrogen) atoms. The molecule has 1 N–H and O–H groups in total. The molecule has 0 radical (unpaired) electrons. The van der Waals surface area contributed by atoms with E-state index in [0.717, 1.165) is 5.75 Å². The maximum Gasteiger partial charge on any atom is 0.335 e. The Morgan fingerprint density at radius 3 is 2.88 bits per heavy atom. The Hall–Kier alpha value is -1.16. The fraction of sp³-hybridized carbons (Fsp3) is 0.417. The van der Waals surface area contributed by atoms with E-state index in [0.29, 0.717) is 17.6 Å². The number of benzene rings is 1. The predicted molar refractivity (Wildman–Crippen MR) is 66.5 cm³/mol. The Bertz CT molecular complexity index is 350. The molecule has 3 nitrogen and oxygen atoms in total. The monoisotopic (exact) mass is 240 g/mol. The van der Waals surface area contributed by atoms with Crippen LogP contribution < -0.4 is 4.74 Å². The van der Waals surface area contributed by atoms with Crippen LogP contribution in [0.4, 0.5) is 0 Å². The summed E-state index contributed by atoms with van der Waals surface area (Å²) in [6, 6.07) is 6.56. The van der Waals surface area contributed by atoms with Crippen LogP contribution in [0, 0.1) is 0 Å². The Morgan fingerprint density at radius 1 is 1.50 bits per heavy atom. The molecule has 0 aromatic heterocycles. The van der Waals surface area contributed by atoms with Gasteiger partial charge in [-0.25, -0.2) is 4.79 Å². The fourth-order valence-electron chi connectivity index (χ4n) is 1.16. The quantitative estimate of drug-likeness (QED) is 0.777. The summed E-state index contributed by atoms with van der Waals surface area (Å²) in [6.07, 6.45) is 0. The minimum atomic E-state index is -0.929. The number of carboxylic acid groups (broad SMARTS) is 1. The van der Waals surface area contributed by atoms with E-state index in [4.69, 9.17) is 9.84 Å². The zero-order chi connectivity index (χ0) is 12.0. The number of aromatic carboxylic acids is 1. The van der Waals surface area contributed by atoms with E-state index in [9.17, 15) is 4.79 Å². The molecule has 4 heteroatoms. The molecular weight excluding hydrogens is 224 g/mol. The largest absolute Gasteiger partial charge is 0.493 e. The smallest absolute Gasteiger partial charge is 0.335 e. The van der Waals surface area contributed by atoms with Crippen LogP contribution in [0.2, 0.25) is 0 Å². The lowest BCUT2D eigenvalue weighted by Crippen LogP contribution is -2.03. The van der Waals surface area contributed by atoms with Crippen LogP contribution in [0.5, 0.6) is 5.75 Å². The van der Waals surface area contributed by atoms with Gasteiger partial charge < -0.3 is 9.84 Å². The lowest BCUT2D eigenvalue weighted by atomic mass is 10.2. The number of hydrogen-bond donors (Lipinski definition) is 1. The molecule has 0 aliphatic heterocycles. The molecule has 1 rings (SSSR count). The topological polar surface area (TPSA) is 46.5 Å². The number of hydrogen-bond acceptors (Lipinski definition) is 3. The van der Waals surface area contributed by atoms with Crippen LogP contribution in [0.3, 0.4) is 0 Å². The second kappa shape index (κ2) is 6.43. The zero-order valence-corrected chi connectivity index (χ0v) is 10.3. The van der Waals surface area contributed by atoms with Crippen LogP contribution in [0.1, 0.15) is 24.2 Å². The molecule has 0 spiro atoms. The van der Waals surface area contributed by atoms with Gasteiger partial charge in [0.05, 0.1) is 12.2 Å². The first-order valence-electron chi connectivity index (χ1n) is 5.17. The van der Waals surface area contributed by atoms with E-state index in [-0.39, 0.29) is 5.56 Å². The second-order valence-corrected chi connectivity index (χ2v) is 5.29. The van der Waals surface area contributed by atoms with Crippen molar-refractivity contribution in [3.8, 4) is 5.75 Å². The normalized spacial score (nSPS) is 10.4. The van der Waals surface area contributed by atoms with E-state index < -0.39 is 5.97 Å². The van der Waals surface area contributed by atoms with Gasteiger partial charge in [0.15, 0.2) is 0 Å². The summed E-state index contributed by atoms with van der Waals surface area (Å²) in [5.74, 6) is 0.598.